The number of aryl methyl sites for hydroxylation is 1. The first kappa shape index (κ1) is 18.5. The minimum Gasteiger partial charge on any atom is -0.350 e. The van der Waals surface area contributed by atoms with Gasteiger partial charge in [-0.05, 0) is 30.7 Å². The van der Waals surface area contributed by atoms with Crippen molar-refractivity contribution in [2.75, 3.05) is 13.1 Å². The van der Waals surface area contributed by atoms with Gasteiger partial charge in [-0.25, -0.2) is 0 Å². The molecule has 3 N–H and O–H groups in total. The maximum Gasteiger partial charge on any atom is 0.237 e. The number of nitrogens with zero attached hydrogens (tertiary/aromatic N) is 1. The van der Waals surface area contributed by atoms with E-state index in [9.17, 15) is 9.59 Å². The lowest BCUT2D eigenvalue weighted by atomic mass is 10.0. The third-order valence-corrected chi connectivity index (χ3v) is 4.42. The number of amides is 2. The Kier molecular flexibility index (Phi) is 6.79. The molecule has 2 amide bonds. The summed E-state index contributed by atoms with van der Waals surface area (Å²) < 4.78 is 0. The second-order valence-corrected chi connectivity index (χ2v) is 7.06. The Morgan fingerprint density at radius 3 is 2.67 bits per heavy atom. The van der Waals surface area contributed by atoms with Gasteiger partial charge in [0.2, 0.25) is 11.8 Å². The molecular weight excluding hydrogens is 302 g/mol. The molecule has 5 nitrogen and oxygen atoms in total. The number of carbonyl (C=O) groups excluding carboxylic acids is 2. The van der Waals surface area contributed by atoms with E-state index in [2.05, 4.69) is 19.2 Å². The number of nitrogens with two attached hydrogens (primary N) is 1. The lowest BCUT2D eigenvalue weighted by Crippen LogP contribution is -2.47. The van der Waals surface area contributed by atoms with E-state index < -0.39 is 6.04 Å². The van der Waals surface area contributed by atoms with E-state index in [-0.39, 0.29) is 17.9 Å². The van der Waals surface area contributed by atoms with Crippen LogP contribution in [0.3, 0.4) is 0 Å². The van der Waals surface area contributed by atoms with Crippen LogP contribution in [0.15, 0.2) is 30.3 Å². The van der Waals surface area contributed by atoms with Gasteiger partial charge in [0.1, 0.15) is 0 Å². The standard InChI is InChI=1S/C19H29N3O2/c1-14(2)12-17(20)19(24)21-16-10-11-22(13-16)18(23)9-8-15-6-4-3-5-7-15/h3-7,14,16-17H,8-13,20H2,1-2H3,(H,21,24)/t16?,17-/m0/s1. The molecule has 24 heavy (non-hydrogen) atoms. The summed E-state index contributed by atoms with van der Waals surface area (Å²) in [6, 6.07) is 9.59. The summed E-state index contributed by atoms with van der Waals surface area (Å²) in [5.74, 6) is 0.444. The maximum atomic E-state index is 12.3. The van der Waals surface area contributed by atoms with Crippen LogP contribution in [0, 0.1) is 5.92 Å². The molecule has 0 bridgehead atoms. The summed E-state index contributed by atoms with van der Waals surface area (Å²) in [5, 5.41) is 2.98. The number of hydrogen-bond acceptors (Lipinski definition) is 3. The van der Waals surface area contributed by atoms with Crippen LogP contribution in [0.25, 0.3) is 0 Å². The lowest BCUT2D eigenvalue weighted by molar-refractivity contribution is -0.130. The van der Waals surface area contributed by atoms with Crippen LogP contribution in [0.4, 0.5) is 0 Å². The van der Waals surface area contributed by atoms with Gasteiger partial charge in [-0.15, -0.1) is 0 Å². The Morgan fingerprint density at radius 1 is 1.29 bits per heavy atom. The van der Waals surface area contributed by atoms with Crippen molar-refractivity contribution in [2.45, 2.75) is 51.6 Å². The van der Waals surface area contributed by atoms with E-state index in [0.29, 0.717) is 31.8 Å². The van der Waals surface area contributed by atoms with E-state index in [1.807, 2.05) is 35.2 Å². The van der Waals surface area contributed by atoms with Gasteiger partial charge in [0.05, 0.1) is 6.04 Å². The van der Waals surface area contributed by atoms with Crippen molar-refractivity contribution in [3.63, 3.8) is 0 Å². The molecule has 1 fully saturated rings. The van der Waals surface area contributed by atoms with E-state index in [0.717, 1.165) is 12.8 Å². The molecule has 2 rings (SSSR count). The van der Waals surface area contributed by atoms with Crippen LogP contribution in [0.1, 0.15) is 38.7 Å². The molecule has 0 aromatic heterocycles. The smallest absolute Gasteiger partial charge is 0.237 e. The Balaban J connectivity index is 1.74. The number of rotatable bonds is 7. The summed E-state index contributed by atoms with van der Waals surface area (Å²) in [7, 11) is 0. The summed E-state index contributed by atoms with van der Waals surface area (Å²) in [6.45, 7) is 5.40. The lowest BCUT2D eigenvalue weighted by Gasteiger charge is -2.19. The Bertz CT molecular complexity index is 545. The Hall–Kier alpha value is -1.88. The van der Waals surface area contributed by atoms with Crippen molar-refractivity contribution in [1.29, 1.82) is 0 Å². The fourth-order valence-corrected chi connectivity index (χ4v) is 3.08. The van der Waals surface area contributed by atoms with Gasteiger partial charge in [-0.1, -0.05) is 44.2 Å². The van der Waals surface area contributed by atoms with Gasteiger partial charge in [-0.2, -0.15) is 0 Å². The number of carbonyl (C=O) groups is 2. The summed E-state index contributed by atoms with van der Waals surface area (Å²) in [6.07, 6.45) is 2.75. The molecule has 132 valence electrons. The number of likely N-dealkylation sites (tertiary alicyclic amines) is 1. The first-order chi connectivity index (χ1) is 11.5. The van der Waals surface area contributed by atoms with E-state index >= 15 is 0 Å². The van der Waals surface area contributed by atoms with E-state index in [4.69, 9.17) is 5.73 Å². The number of nitrogens with one attached hydrogen (secondary N) is 1. The summed E-state index contributed by atoms with van der Waals surface area (Å²) in [4.78, 5) is 26.2. The quantitative estimate of drug-likeness (QED) is 0.799. The van der Waals surface area contributed by atoms with Crippen LogP contribution >= 0.6 is 0 Å². The number of benzene rings is 1. The SMILES string of the molecule is CC(C)C[C@H](N)C(=O)NC1CCN(C(=O)CCc2ccccc2)C1. The summed E-state index contributed by atoms with van der Waals surface area (Å²) >= 11 is 0. The fourth-order valence-electron chi connectivity index (χ4n) is 3.08. The topological polar surface area (TPSA) is 75.4 Å². The van der Waals surface area contributed by atoms with Gasteiger partial charge in [-0.3, -0.25) is 9.59 Å². The zero-order valence-electron chi connectivity index (χ0n) is 14.7. The molecule has 1 saturated heterocycles. The largest absolute Gasteiger partial charge is 0.350 e. The minimum absolute atomic E-state index is 0.0244. The van der Waals surface area contributed by atoms with Gasteiger partial charge < -0.3 is 16.0 Å². The number of hydrogen-bond donors (Lipinski definition) is 2. The highest BCUT2D eigenvalue weighted by molar-refractivity contribution is 5.82. The average molecular weight is 331 g/mol. The molecule has 0 aliphatic carbocycles. The normalized spacial score (nSPS) is 18.7. The zero-order valence-corrected chi connectivity index (χ0v) is 14.7. The van der Waals surface area contributed by atoms with Crippen molar-refractivity contribution < 1.29 is 9.59 Å². The molecule has 1 aromatic carbocycles. The zero-order chi connectivity index (χ0) is 17.5. The van der Waals surface area contributed by atoms with Crippen molar-refractivity contribution in [3.8, 4) is 0 Å². The van der Waals surface area contributed by atoms with Crippen molar-refractivity contribution in [1.82, 2.24) is 10.2 Å². The molecule has 5 heteroatoms. The van der Waals surface area contributed by atoms with Crippen molar-refractivity contribution in [3.05, 3.63) is 35.9 Å². The summed E-state index contributed by atoms with van der Waals surface area (Å²) in [5.41, 5.74) is 7.09. The van der Waals surface area contributed by atoms with Crippen LogP contribution in [-0.2, 0) is 16.0 Å². The third kappa shape index (κ3) is 5.64. The molecule has 1 heterocycles. The van der Waals surface area contributed by atoms with E-state index in [1.165, 1.54) is 5.56 Å². The second kappa shape index (κ2) is 8.83. The molecule has 0 radical (unpaired) electrons. The van der Waals surface area contributed by atoms with Crippen molar-refractivity contribution in [2.24, 2.45) is 11.7 Å². The average Bonchev–Trinajstić information content (AvgIpc) is 3.01. The predicted molar refractivity (Wildman–Crippen MR) is 95.3 cm³/mol. The molecule has 0 spiro atoms. The highest BCUT2D eigenvalue weighted by Crippen LogP contribution is 2.13. The van der Waals surface area contributed by atoms with Gasteiger partial charge in [0.15, 0.2) is 0 Å². The Morgan fingerprint density at radius 2 is 2.00 bits per heavy atom. The second-order valence-electron chi connectivity index (χ2n) is 7.06. The van der Waals surface area contributed by atoms with Gasteiger partial charge >= 0.3 is 0 Å². The fraction of sp³-hybridized carbons (Fsp3) is 0.579. The van der Waals surface area contributed by atoms with Crippen LogP contribution < -0.4 is 11.1 Å². The molecule has 1 aromatic rings. The van der Waals surface area contributed by atoms with Gasteiger partial charge in [0.25, 0.3) is 0 Å². The highest BCUT2D eigenvalue weighted by Gasteiger charge is 2.28. The van der Waals surface area contributed by atoms with Crippen LogP contribution in [0.5, 0.6) is 0 Å². The van der Waals surface area contributed by atoms with Gasteiger partial charge in [0, 0.05) is 25.6 Å². The first-order valence-electron chi connectivity index (χ1n) is 8.83. The Labute approximate surface area is 144 Å². The first-order valence-corrected chi connectivity index (χ1v) is 8.83. The van der Waals surface area contributed by atoms with Crippen LogP contribution in [0.2, 0.25) is 0 Å². The molecule has 1 unspecified atom stereocenters. The van der Waals surface area contributed by atoms with Crippen LogP contribution in [-0.4, -0.2) is 41.9 Å². The molecular formula is C19H29N3O2. The predicted octanol–water partition coefficient (Wildman–Crippen LogP) is 1.71. The maximum absolute atomic E-state index is 12.3. The highest BCUT2D eigenvalue weighted by atomic mass is 16.2. The molecule has 0 saturated carbocycles. The van der Waals surface area contributed by atoms with Crippen molar-refractivity contribution >= 4 is 11.8 Å². The molecule has 1 aliphatic rings. The minimum atomic E-state index is -0.465. The molecule has 2 atom stereocenters. The third-order valence-electron chi connectivity index (χ3n) is 4.42. The molecule has 1 aliphatic heterocycles. The monoisotopic (exact) mass is 331 g/mol. The van der Waals surface area contributed by atoms with E-state index in [1.54, 1.807) is 0 Å².